The number of rotatable bonds is 5. The summed E-state index contributed by atoms with van der Waals surface area (Å²) >= 11 is 1.82. The van der Waals surface area contributed by atoms with Gasteiger partial charge >= 0.3 is 0 Å². The Hall–Kier alpha value is -6.50. The third-order valence-electron chi connectivity index (χ3n) is 10.4. The number of hydrogen-bond acceptors (Lipinski definition) is 6. The summed E-state index contributed by atoms with van der Waals surface area (Å²) in [5, 5.41) is 0. The Balaban J connectivity index is 1.03. The van der Waals surface area contributed by atoms with Crippen LogP contribution in [0.5, 0.6) is 11.5 Å². The van der Waals surface area contributed by atoms with Gasteiger partial charge in [0.15, 0.2) is 29.0 Å². The number of nitrogens with zero attached hydrogens (tertiary/aromatic N) is 4. The molecule has 10 rings (SSSR count). The zero-order chi connectivity index (χ0) is 36.2. The van der Waals surface area contributed by atoms with Gasteiger partial charge in [-0.15, -0.1) is 0 Å². The van der Waals surface area contributed by atoms with Crippen molar-refractivity contribution in [3.05, 3.63) is 181 Å². The molecule has 0 radical (unpaired) electrons. The smallest absolute Gasteiger partial charge is 0.164 e. The van der Waals surface area contributed by atoms with E-state index >= 15 is 0 Å². The first-order chi connectivity index (χ1) is 26.5. The zero-order valence-electron chi connectivity index (χ0n) is 29.8. The summed E-state index contributed by atoms with van der Waals surface area (Å²) in [5.41, 5.74) is 10.5. The van der Waals surface area contributed by atoms with Crippen LogP contribution in [-0.2, 0) is 5.41 Å². The molecule has 1 aromatic heterocycles. The minimum Gasteiger partial charge on any atom is -0.453 e. The lowest BCUT2D eigenvalue weighted by Crippen LogP contribution is -2.24. The number of ether oxygens (including phenoxy) is 1. The molecular formula is C48H34N4OS. The van der Waals surface area contributed by atoms with Crippen molar-refractivity contribution < 1.29 is 4.74 Å². The van der Waals surface area contributed by atoms with Crippen molar-refractivity contribution >= 4 is 28.8 Å². The highest BCUT2D eigenvalue weighted by Gasteiger charge is 2.34. The fourth-order valence-corrected chi connectivity index (χ4v) is 8.88. The first-order valence-electron chi connectivity index (χ1n) is 18.1. The number of hydrogen-bond donors (Lipinski definition) is 0. The van der Waals surface area contributed by atoms with E-state index in [1.54, 1.807) is 0 Å². The molecule has 7 aromatic carbocycles. The van der Waals surface area contributed by atoms with Crippen LogP contribution in [0.15, 0.2) is 180 Å². The number of aromatic nitrogens is 3. The lowest BCUT2D eigenvalue weighted by atomic mass is 9.76. The summed E-state index contributed by atoms with van der Waals surface area (Å²) in [7, 11) is 0. The van der Waals surface area contributed by atoms with Crippen LogP contribution < -0.4 is 9.64 Å². The molecule has 0 spiro atoms. The molecule has 0 atom stereocenters. The fourth-order valence-electron chi connectivity index (χ4n) is 7.53. The number of para-hydroxylation sites is 3. The molecule has 258 valence electrons. The van der Waals surface area contributed by atoms with Gasteiger partial charge in [0.2, 0.25) is 0 Å². The van der Waals surface area contributed by atoms with Crippen LogP contribution in [-0.4, -0.2) is 15.0 Å². The van der Waals surface area contributed by atoms with Crippen molar-refractivity contribution in [1.29, 1.82) is 0 Å². The van der Waals surface area contributed by atoms with Crippen LogP contribution in [0.1, 0.15) is 25.0 Å². The molecule has 5 nitrogen and oxygen atoms in total. The molecule has 54 heavy (non-hydrogen) atoms. The van der Waals surface area contributed by atoms with Gasteiger partial charge in [0.1, 0.15) is 0 Å². The molecule has 0 unspecified atom stereocenters. The predicted molar refractivity (Wildman–Crippen MR) is 219 cm³/mol. The maximum absolute atomic E-state index is 6.56. The van der Waals surface area contributed by atoms with E-state index < -0.39 is 0 Å². The Morgan fingerprint density at radius 1 is 0.444 bits per heavy atom. The molecule has 2 aliphatic heterocycles. The van der Waals surface area contributed by atoms with Crippen molar-refractivity contribution in [2.24, 2.45) is 0 Å². The van der Waals surface area contributed by atoms with Crippen LogP contribution in [0.25, 0.3) is 45.3 Å². The summed E-state index contributed by atoms with van der Waals surface area (Å²) in [6, 6.07) is 59.0. The highest BCUT2D eigenvalue weighted by atomic mass is 32.2. The van der Waals surface area contributed by atoms with E-state index in [1.165, 1.54) is 20.9 Å². The monoisotopic (exact) mass is 714 g/mol. The summed E-state index contributed by atoms with van der Waals surface area (Å²) in [4.78, 5) is 19.7. The summed E-state index contributed by atoms with van der Waals surface area (Å²) in [5.74, 6) is 3.64. The van der Waals surface area contributed by atoms with Crippen LogP contribution >= 0.6 is 11.8 Å². The Labute approximate surface area is 319 Å². The Kier molecular flexibility index (Phi) is 7.67. The molecule has 0 fully saturated rings. The second-order valence-electron chi connectivity index (χ2n) is 14.1. The normalized spacial score (nSPS) is 13.6. The van der Waals surface area contributed by atoms with Gasteiger partial charge in [0.05, 0.1) is 11.4 Å². The lowest BCUT2D eigenvalue weighted by molar-refractivity contribution is 0.477. The molecule has 6 heteroatoms. The molecule has 0 saturated heterocycles. The standard InChI is InChI=1S/C48H34N4OS/c1-48(2)37-28-33(34-22-25-40-42(30-34)53-41-21-13-12-20-39(41)52(40)36-18-10-5-11-19-36)23-26-43(37)54-44-27-24-35(29-38(44)48)47-50-45(31-14-6-3-7-15-31)49-46(51-47)32-16-8-4-9-17-32/h3-30H,1-2H3. The highest BCUT2D eigenvalue weighted by Crippen LogP contribution is 2.53. The number of benzene rings is 7. The Morgan fingerprint density at radius 3 is 1.57 bits per heavy atom. The van der Waals surface area contributed by atoms with Gasteiger partial charge in [-0.05, 0) is 82.9 Å². The molecule has 0 saturated carbocycles. The van der Waals surface area contributed by atoms with Crippen molar-refractivity contribution in [2.45, 2.75) is 29.1 Å². The van der Waals surface area contributed by atoms with Crippen molar-refractivity contribution in [2.75, 3.05) is 4.90 Å². The Morgan fingerprint density at radius 2 is 0.926 bits per heavy atom. The van der Waals surface area contributed by atoms with Crippen LogP contribution in [0.3, 0.4) is 0 Å². The average molecular weight is 715 g/mol. The highest BCUT2D eigenvalue weighted by molar-refractivity contribution is 7.99. The van der Waals surface area contributed by atoms with E-state index in [1.807, 2.05) is 90.6 Å². The van der Waals surface area contributed by atoms with Gasteiger partial charge in [0.25, 0.3) is 0 Å². The minimum atomic E-state index is -0.284. The van der Waals surface area contributed by atoms with Crippen LogP contribution in [0.4, 0.5) is 17.1 Å². The number of fused-ring (bicyclic) bond motifs is 4. The molecular weight excluding hydrogens is 681 g/mol. The minimum absolute atomic E-state index is 0.284. The first kappa shape index (κ1) is 32.2. The summed E-state index contributed by atoms with van der Waals surface area (Å²) < 4.78 is 6.56. The fraction of sp³-hybridized carbons (Fsp3) is 0.0625. The maximum atomic E-state index is 6.56. The van der Waals surface area contributed by atoms with Gasteiger partial charge in [0, 0.05) is 37.6 Å². The molecule has 0 amide bonds. The SMILES string of the molecule is CC1(C)c2cc(-c3ccc4c(c3)Oc3ccccc3N4c3ccccc3)ccc2Sc2ccc(-c3nc(-c4ccccc4)nc(-c4ccccc4)n3)cc21. The quantitative estimate of drug-likeness (QED) is 0.177. The summed E-state index contributed by atoms with van der Waals surface area (Å²) in [6.45, 7) is 4.64. The third-order valence-corrected chi connectivity index (χ3v) is 11.5. The Bertz CT molecular complexity index is 2640. The van der Waals surface area contributed by atoms with E-state index in [0.29, 0.717) is 17.5 Å². The second kappa shape index (κ2) is 12.9. The van der Waals surface area contributed by atoms with Crippen LogP contribution in [0, 0.1) is 0 Å². The molecule has 0 bridgehead atoms. The zero-order valence-corrected chi connectivity index (χ0v) is 30.6. The van der Waals surface area contributed by atoms with Gasteiger partial charge in [-0.2, -0.15) is 0 Å². The molecule has 0 N–H and O–H groups in total. The van der Waals surface area contributed by atoms with Gasteiger partial charge in [-0.1, -0.05) is 135 Å². The molecule has 0 aliphatic carbocycles. The van der Waals surface area contributed by atoms with Crippen molar-refractivity contribution in [3.8, 4) is 56.8 Å². The third kappa shape index (κ3) is 5.54. The molecule has 8 aromatic rings. The van der Waals surface area contributed by atoms with Crippen molar-refractivity contribution in [1.82, 2.24) is 15.0 Å². The van der Waals surface area contributed by atoms with E-state index in [2.05, 4.69) is 110 Å². The molecule has 2 aliphatic rings. The second-order valence-corrected chi connectivity index (χ2v) is 15.2. The topological polar surface area (TPSA) is 51.1 Å². The number of anilines is 3. The average Bonchev–Trinajstić information content (AvgIpc) is 3.23. The lowest BCUT2D eigenvalue weighted by Gasteiger charge is -2.35. The van der Waals surface area contributed by atoms with Gasteiger partial charge in [-0.25, -0.2) is 15.0 Å². The van der Waals surface area contributed by atoms with E-state index in [4.69, 9.17) is 19.7 Å². The predicted octanol–water partition coefficient (Wildman–Crippen LogP) is 12.9. The molecule has 3 heterocycles. The van der Waals surface area contributed by atoms with Gasteiger partial charge < -0.3 is 9.64 Å². The maximum Gasteiger partial charge on any atom is 0.164 e. The summed E-state index contributed by atoms with van der Waals surface area (Å²) in [6.07, 6.45) is 0. The van der Waals surface area contributed by atoms with E-state index in [-0.39, 0.29) is 5.41 Å². The first-order valence-corrected chi connectivity index (χ1v) is 18.9. The van der Waals surface area contributed by atoms with E-state index in [9.17, 15) is 0 Å². The van der Waals surface area contributed by atoms with Crippen LogP contribution in [0.2, 0.25) is 0 Å². The van der Waals surface area contributed by atoms with Gasteiger partial charge in [-0.3, -0.25) is 0 Å². The largest absolute Gasteiger partial charge is 0.453 e. The van der Waals surface area contributed by atoms with E-state index in [0.717, 1.165) is 56.4 Å². The van der Waals surface area contributed by atoms with Crippen molar-refractivity contribution in [3.63, 3.8) is 0 Å².